The van der Waals surface area contributed by atoms with Crippen LogP contribution >= 0.6 is 0 Å². The number of amides is 2. The molecule has 4 rings (SSSR count). The number of benzene rings is 2. The van der Waals surface area contributed by atoms with E-state index in [4.69, 9.17) is 4.42 Å². The van der Waals surface area contributed by atoms with Gasteiger partial charge in [-0.15, -0.1) is 0 Å². The Kier molecular flexibility index (Phi) is 6.08. The van der Waals surface area contributed by atoms with Gasteiger partial charge in [0.1, 0.15) is 11.5 Å². The number of hydrogen-bond acceptors (Lipinski definition) is 5. The Balaban J connectivity index is 1.50. The third kappa shape index (κ3) is 4.85. The monoisotopic (exact) mass is 443 g/mol. The molecule has 33 heavy (non-hydrogen) atoms. The van der Waals surface area contributed by atoms with Gasteiger partial charge in [0.25, 0.3) is 5.91 Å². The fourth-order valence-electron chi connectivity index (χ4n) is 3.61. The Labute approximate surface area is 191 Å². The minimum atomic E-state index is -0.221. The first-order chi connectivity index (χ1) is 15.8. The average molecular weight is 444 g/mol. The van der Waals surface area contributed by atoms with Crippen LogP contribution in [0.4, 0.5) is 5.69 Å². The molecule has 8 heteroatoms. The molecule has 0 unspecified atom stereocenters. The number of nitrogens with zero attached hydrogens (tertiary/aromatic N) is 3. The smallest absolute Gasteiger partial charge is 0.251 e. The molecule has 0 fully saturated rings. The van der Waals surface area contributed by atoms with E-state index in [0.29, 0.717) is 34.2 Å². The second kappa shape index (κ2) is 9.12. The molecule has 4 aromatic rings. The minimum absolute atomic E-state index is 0.180. The number of carbonyl (C=O) groups is 2. The normalized spacial score (nSPS) is 10.8. The first-order valence-electron chi connectivity index (χ1n) is 10.6. The van der Waals surface area contributed by atoms with E-state index in [2.05, 4.69) is 20.7 Å². The minimum Gasteiger partial charge on any atom is -0.441 e. The maximum absolute atomic E-state index is 12.8. The van der Waals surface area contributed by atoms with Gasteiger partial charge in [-0.05, 0) is 57.2 Å². The molecule has 0 radical (unpaired) electrons. The zero-order valence-corrected chi connectivity index (χ0v) is 19.0. The van der Waals surface area contributed by atoms with E-state index in [9.17, 15) is 9.59 Å². The first kappa shape index (κ1) is 22.0. The number of aromatic nitrogens is 3. The third-order valence-corrected chi connectivity index (χ3v) is 5.14. The molecule has 2 heterocycles. The highest BCUT2D eigenvalue weighted by atomic mass is 16.4. The molecule has 0 saturated heterocycles. The molecule has 168 valence electrons. The van der Waals surface area contributed by atoms with Gasteiger partial charge in [0.2, 0.25) is 11.8 Å². The van der Waals surface area contributed by atoms with Crippen molar-refractivity contribution in [3.05, 3.63) is 83.0 Å². The predicted molar refractivity (Wildman–Crippen MR) is 125 cm³/mol. The number of oxazole rings is 1. The van der Waals surface area contributed by atoms with Crippen molar-refractivity contribution in [1.82, 2.24) is 20.1 Å². The summed E-state index contributed by atoms with van der Waals surface area (Å²) >= 11 is 0. The maximum atomic E-state index is 12.8. The summed E-state index contributed by atoms with van der Waals surface area (Å²) in [6.07, 6.45) is 0. The summed E-state index contributed by atoms with van der Waals surface area (Å²) in [6, 6.07) is 16.6. The largest absolute Gasteiger partial charge is 0.441 e. The summed E-state index contributed by atoms with van der Waals surface area (Å²) in [5.74, 6) is 0.578. The zero-order chi connectivity index (χ0) is 23.5. The van der Waals surface area contributed by atoms with Crippen molar-refractivity contribution in [3.8, 4) is 17.1 Å². The van der Waals surface area contributed by atoms with Crippen molar-refractivity contribution < 1.29 is 14.0 Å². The summed E-state index contributed by atoms with van der Waals surface area (Å²) in [6.45, 7) is 7.36. The van der Waals surface area contributed by atoms with E-state index in [1.807, 2.05) is 54.9 Å². The van der Waals surface area contributed by atoms with Crippen molar-refractivity contribution in [3.63, 3.8) is 0 Å². The third-order valence-electron chi connectivity index (χ3n) is 5.14. The van der Waals surface area contributed by atoms with E-state index in [-0.39, 0.29) is 18.4 Å². The summed E-state index contributed by atoms with van der Waals surface area (Å²) in [4.78, 5) is 28.9. The molecule has 2 N–H and O–H groups in total. The number of para-hydroxylation sites is 1. The van der Waals surface area contributed by atoms with Gasteiger partial charge in [0.05, 0.1) is 29.2 Å². The van der Waals surface area contributed by atoms with Crippen LogP contribution in [0.15, 0.2) is 59.0 Å². The lowest BCUT2D eigenvalue weighted by Gasteiger charge is -2.08. The predicted octanol–water partition coefficient (Wildman–Crippen LogP) is 4.34. The Morgan fingerprint density at radius 2 is 1.82 bits per heavy atom. The van der Waals surface area contributed by atoms with Gasteiger partial charge in [-0.1, -0.05) is 18.2 Å². The van der Waals surface area contributed by atoms with Crippen LogP contribution in [0.3, 0.4) is 0 Å². The van der Waals surface area contributed by atoms with E-state index in [0.717, 1.165) is 17.1 Å². The molecule has 2 aromatic carbocycles. The van der Waals surface area contributed by atoms with E-state index in [1.54, 1.807) is 25.1 Å². The number of hydrogen-bond donors (Lipinski definition) is 2. The van der Waals surface area contributed by atoms with Crippen LogP contribution in [0.1, 0.15) is 40.1 Å². The summed E-state index contributed by atoms with van der Waals surface area (Å²) in [5.41, 5.74) is 5.16. The van der Waals surface area contributed by atoms with E-state index >= 15 is 0 Å². The fraction of sp³-hybridized carbons (Fsp3) is 0.200. The van der Waals surface area contributed by atoms with Crippen LogP contribution < -0.4 is 10.6 Å². The molecule has 2 amide bonds. The molecule has 0 aliphatic rings. The topological polar surface area (TPSA) is 102 Å². The Morgan fingerprint density at radius 3 is 2.55 bits per heavy atom. The highest BCUT2D eigenvalue weighted by Gasteiger charge is 2.16. The van der Waals surface area contributed by atoms with Gasteiger partial charge in [0, 0.05) is 18.2 Å². The number of rotatable bonds is 6. The lowest BCUT2D eigenvalue weighted by atomic mass is 10.1. The lowest BCUT2D eigenvalue weighted by molar-refractivity contribution is -0.114. The quantitative estimate of drug-likeness (QED) is 0.462. The molecular weight excluding hydrogens is 418 g/mol. The molecule has 0 saturated carbocycles. The molecule has 0 aliphatic heterocycles. The number of carbonyl (C=O) groups excluding carboxylic acids is 2. The molecule has 0 spiro atoms. The van der Waals surface area contributed by atoms with Crippen LogP contribution in [-0.2, 0) is 11.3 Å². The molecule has 0 atom stereocenters. The van der Waals surface area contributed by atoms with E-state index < -0.39 is 0 Å². The number of anilines is 1. The molecular formula is C25H25N5O3. The van der Waals surface area contributed by atoms with Crippen LogP contribution in [0.25, 0.3) is 17.1 Å². The fourth-order valence-corrected chi connectivity index (χ4v) is 3.61. The van der Waals surface area contributed by atoms with Crippen LogP contribution in [0.5, 0.6) is 0 Å². The van der Waals surface area contributed by atoms with Crippen molar-refractivity contribution in [2.24, 2.45) is 0 Å². The van der Waals surface area contributed by atoms with Gasteiger partial charge >= 0.3 is 0 Å². The zero-order valence-electron chi connectivity index (χ0n) is 19.0. The molecule has 2 aromatic heterocycles. The van der Waals surface area contributed by atoms with Crippen LogP contribution in [0, 0.1) is 20.8 Å². The molecule has 8 nitrogen and oxygen atoms in total. The Bertz CT molecular complexity index is 1340. The summed E-state index contributed by atoms with van der Waals surface area (Å²) < 4.78 is 7.64. The van der Waals surface area contributed by atoms with Crippen LogP contribution in [0.2, 0.25) is 0 Å². The van der Waals surface area contributed by atoms with Crippen molar-refractivity contribution in [2.75, 3.05) is 5.32 Å². The van der Waals surface area contributed by atoms with Crippen molar-refractivity contribution >= 4 is 17.5 Å². The van der Waals surface area contributed by atoms with Crippen LogP contribution in [-0.4, -0.2) is 26.6 Å². The van der Waals surface area contributed by atoms with Gasteiger partial charge in [0.15, 0.2) is 0 Å². The Hall–Kier alpha value is -4.20. The van der Waals surface area contributed by atoms with Gasteiger partial charge in [-0.3, -0.25) is 9.59 Å². The second-order valence-electron chi connectivity index (χ2n) is 7.82. The summed E-state index contributed by atoms with van der Waals surface area (Å²) in [5, 5.41) is 10.2. The molecule has 0 aliphatic carbocycles. The number of nitrogens with one attached hydrogen (secondary N) is 2. The highest BCUT2D eigenvalue weighted by molar-refractivity contribution is 5.95. The average Bonchev–Trinajstić information content (AvgIpc) is 3.32. The van der Waals surface area contributed by atoms with E-state index in [1.165, 1.54) is 6.92 Å². The lowest BCUT2D eigenvalue weighted by Crippen LogP contribution is -2.23. The van der Waals surface area contributed by atoms with Gasteiger partial charge in [-0.25, -0.2) is 9.67 Å². The van der Waals surface area contributed by atoms with Crippen molar-refractivity contribution in [2.45, 2.75) is 34.2 Å². The van der Waals surface area contributed by atoms with Crippen molar-refractivity contribution in [1.29, 1.82) is 0 Å². The molecule has 0 bridgehead atoms. The maximum Gasteiger partial charge on any atom is 0.251 e. The summed E-state index contributed by atoms with van der Waals surface area (Å²) in [7, 11) is 0. The number of aryl methyl sites for hydroxylation is 3. The first-order valence-corrected chi connectivity index (χ1v) is 10.6. The van der Waals surface area contributed by atoms with Gasteiger partial charge < -0.3 is 15.1 Å². The highest BCUT2D eigenvalue weighted by Crippen LogP contribution is 2.28. The second-order valence-corrected chi connectivity index (χ2v) is 7.82. The standard InChI is InChI=1S/C25H25N5O3/c1-15-12-16(2)30(29-15)20-9-7-8-19(13-20)24(32)26-14-23-17(3)33-25(28-23)21-10-5-6-11-22(21)27-18(4)31/h5-13H,14H2,1-4H3,(H,26,32)(H,27,31). The Morgan fingerprint density at radius 1 is 1.03 bits per heavy atom. The SMILES string of the molecule is CC(=O)Nc1ccccc1-c1nc(CNC(=O)c2cccc(-n3nc(C)cc3C)c2)c(C)o1. The van der Waals surface area contributed by atoms with Gasteiger partial charge in [-0.2, -0.15) is 5.10 Å².